The summed E-state index contributed by atoms with van der Waals surface area (Å²) >= 11 is 0. The molecule has 0 spiro atoms. The Hall–Kier alpha value is -2.36. The van der Waals surface area contributed by atoms with Crippen molar-refractivity contribution in [3.8, 4) is 11.8 Å². The maximum absolute atomic E-state index is 13.6. The molecule has 0 fully saturated rings. The number of fused-ring (bicyclic) bond motifs is 1. The van der Waals surface area contributed by atoms with Crippen molar-refractivity contribution in [3.63, 3.8) is 0 Å². The Bertz CT molecular complexity index is 644. The number of cyclic esters (lactones) is 1. The van der Waals surface area contributed by atoms with Gasteiger partial charge in [0, 0.05) is 17.2 Å². The molecule has 1 amide bonds. The maximum Gasteiger partial charge on any atom is 0.445 e. The fourth-order valence-electron chi connectivity index (χ4n) is 1.91. The van der Waals surface area contributed by atoms with Gasteiger partial charge in [-0.1, -0.05) is 19.8 Å². The number of hydrogen-bond donors (Lipinski definition) is 2. The summed E-state index contributed by atoms with van der Waals surface area (Å²) in [7, 11) is 0. The van der Waals surface area contributed by atoms with E-state index in [0.29, 0.717) is 0 Å². The van der Waals surface area contributed by atoms with Crippen LogP contribution in [0.5, 0.6) is 0 Å². The lowest BCUT2D eigenvalue weighted by Gasteiger charge is -2.35. The van der Waals surface area contributed by atoms with Crippen molar-refractivity contribution in [3.05, 3.63) is 23.8 Å². The zero-order chi connectivity index (χ0) is 15.8. The first-order valence-electron chi connectivity index (χ1n) is 6.15. The maximum atomic E-state index is 13.6. The van der Waals surface area contributed by atoms with Crippen molar-refractivity contribution in [2.75, 3.05) is 11.1 Å². The lowest BCUT2D eigenvalue weighted by Crippen LogP contribution is -2.49. The van der Waals surface area contributed by atoms with E-state index in [1.54, 1.807) is 13.8 Å². The first kappa shape index (κ1) is 15.0. The molecule has 0 aliphatic carbocycles. The fraction of sp³-hybridized carbons (Fsp3) is 0.357. The number of amides is 1. The van der Waals surface area contributed by atoms with Gasteiger partial charge in [0.15, 0.2) is 0 Å². The summed E-state index contributed by atoms with van der Waals surface area (Å²) in [5.41, 5.74) is 2.33. The van der Waals surface area contributed by atoms with Crippen LogP contribution in [0.4, 0.5) is 29.3 Å². The number of rotatable bonds is 0. The molecular formula is C14H13F3N2O2. The molecule has 0 saturated heterocycles. The second-order valence-electron chi connectivity index (χ2n) is 4.92. The predicted octanol–water partition coefficient (Wildman–Crippen LogP) is 3.25. The second kappa shape index (κ2) is 4.88. The van der Waals surface area contributed by atoms with E-state index in [2.05, 4.69) is 21.9 Å². The first-order chi connectivity index (χ1) is 9.65. The van der Waals surface area contributed by atoms with Crippen LogP contribution in [0, 0.1) is 17.8 Å². The van der Waals surface area contributed by atoms with Crippen LogP contribution in [-0.4, -0.2) is 12.3 Å². The summed E-state index contributed by atoms with van der Waals surface area (Å²) in [4.78, 5) is 11.5. The number of carbonyl (C=O) groups is 1. The lowest BCUT2D eigenvalue weighted by atomic mass is 9.89. The summed E-state index contributed by atoms with van der Waals surface area (Å²) in [6.07, 6.45) is -6.10. The number of ether oxygens (including phenoxy) is 1. The van der Waals surface area contributed by atoms with E-state index in [-0.39, 0.29) is 22.9 Å². The topological polar surface area (TPSA) is 64.3 Å². The van der Waals surface area contributed by atoms with Crippen LogP contribution in [-0.2, 0) is 10.3 Å². The molecule has 1 aliphatic heterocycles. The number of benzene rings is 1. The molecular weight excluding hydrogens is 285 g/mol. The standard InChI is InChI=1S/C14H13F3N2O2/c1-8(2)5-6-13(14(15,16)17)10-7-9(18)3-4-11(10)19-12(20)21-13/h3-4,7-8H,18H2,1-2H3,(H,19,20)/t13-/m0/s1. The largest absolute Gasteiger partial charge is 0.445 e. The Morgan fingerprint density at radius 1 is 1.38 bits per heavy atom. The summed E-state index contributed by atoms with van der Waals surface area (Å²) in [6.45, 7) is 3.28. The Labute approximate surface area is 119 Å². The number of nitrogen functional groups attached to an aromatic ring is 1. The SMILES string of the molecule is CC(C)C#C[C@]1(C(F)(F)F)OC(=O)Nc2ccc(N)cc21. The van der Waals surface area contributed by atoms with Gasteiger partial charge in [0.25, 0.3) is 5.60 Å². The quantitative estimate of drug-likeness (QED) is 0.571. The molecule has 1 heterocycles. The Morgan fingerprint density at radius 2 is 2.05 bits per heavy atom. The minimum Gasteiger partial charge on any atom is -0.415 e. The molecule has 4 nitrogen and oxygen atoms in total. The number of halogens is 3. The van der Waals surface area contributed by atoms with Crippen LogP contribution in [0.15, 0.2) is 18.2 Å². The van der Waals surface area contributed by atoms with Gasteiger partial charge in [0.05, 0.1) is 5.69 Å². The summed E-state index contributed by atoms with van der Waals surface area (Å²) in [5, 5.41) is 2.22. The van der Waals surface area contributed by atoms with Gasteiger partial charge in [0.2, 0.25) is 0 Å². The van der Waals surface area contributed by atoms with Crippen molar-refractivity contribution >= 4 is 17.5 Å². The third-order valence-corrected chi connectivity index (χ3v) is 2.84. The molecule has 1 atom stereocenters. The van der Waals surface area contributed by atoms with E-state index < -0.39 is 17.9 Å². The molecule has 0 unspecified atom stereocenters. The van der Waals surface area contributed by atoms with Gasteiger partial charge in [-0.2, -0.15) is 13.2 Å². The number of nitrogens with one attached hydrogen (secondary N) is 1. The van der Waals surface area contributed by atoms with E-state index in [0.717, 1.165) is 6.07 Å². The molecule has 112 valence electrons. The van der Waals surface area contributed by atoms with E-state index in [1.165, 1.54) is 12.1 Å². The van der Waals surface area contributed by atoms with Crippen molar-refractivity contribution in [2.45, 2.75) is 25.6 Å². The molecule has 1 aromatic rings. The van der Waals surface area contributed by atoms with Gasteiger partial charge in [0.1, 0.15) is 0 Å². The van der Waals surface area contributed by atoms with Gasteiger partial charge < -0.3 is 10.5 Å². The third kappa shape index (κ3) is 2.61. The Kier molecular flexibility index (Phi) is 3.49. The minimum absolute atomic E-state index is 0.0177. The van der Waals surface area contributed by atoms with Crippen molar-refractivity contribution in [1.29, 1.82) is 0 Å². The van der Waals surface area contributed by atoms with E-state index in [1.807, 2.05) is 0 Å². The average Bonchev–Trinajstić information content (AvgIpc) is 2.35. The number of hydrogen-bond acceptors (Lipinski definition) is 3. The second-order valence-corrected chi connectivity index (χ2v) is 4.92. The Morgan fingerprint density at radius 3 is 2.62 bits per heavy atom. The molecule has 7 heteroatoms. The third-order valence-electron chi connectivity index (χ3n) is 2.84. The number of alkyl halides is 3. The van der Waals surface area contributed by atoms with E-state index in [4.69, 9.17) is 5.73 Å². The van der Waals surface area contributed by atoms with Gasteiger partial charge in [-0.05, 0) is 24.1 Å². The van der Waals surface area contributed by atoms with Crippen molar-refractivity contribution < 1.29 is 22.7 Å². The normalized spacial score (nSPS) is 21.0. The Balaban J connectivity index is 2.75. The molecule has 1 aromatic carbocycles. The van der Waals surface area contributed by atoms with Gasteiger partial charge in [-0.25, -0.2) is 4.79 Å². The van der Waals surface area contributed by atoms with Crippen LogP contribution in [0.25, 0.3) is 0 Å². The van der Waals surface area contributed by atoms with E-state index >= 15 is 0 Å². The highest BCUT2D eigenvalue weighted by atomic mass is 19.4. The van der Waals surface area contributed by atoms with E-state index in [9.17, 15) is 18.0 Å². The highest BCUT2D eigenvalue weighted by Gasteiger charge is 2.61. The lowest BCUT2D eigenvalue weighted by molar-refractivity contribution is -0.239. The fourth-order valence-corrected chi connectivity index (χ4v) is 1.91. The average molecular weight is 298 g/mol. The van der Waals surface area contributed by atoms with Crippen molar-refractivity contribution in [1.82, 2.24) is 0 Å². The van der Waals surface area contributed by atoms with Crippen LogP contribution in [0.2, 0.25) is 0 Å². The summed E-state index contributed by atoms with van der Waals surface area (Å²) in [6, 6.07) is 3.79. The van der Waals surface area contributed by atoms with Crippen LogP contribution in [0.1, 0.15) is 19.4 Å². The van der Waals surface area contributed by atoms with Gasteiger partial charge in [-0.15, -0.1) is 0 Å². The molecule has 21 heavy (non-hydrogen) atoms. The van der Waals surface area contributed by atoms with Crippen LogP contribution >= 0.6 is 0 Å². The number of nitrogens with two attached hydrogens (primary N) is 1. The van der Waals surface area contributed by atoms with Crippen LogP contribution < -0.4 is 11.1 Å². The smallest absolute Gasteiger partial charge is 0.415 e. The summed E-state index contributed by atoms with van der Waals surface area (Å²) < 4.78 is 45.3. The molecule has 0 bridgehead atoms. The molecule has 0 aromatic heterocycles. The van der Waals surface area contributed by atoms with Crippen molar-refractivity contribution in [2.24, 2.45) is 5.92 Å². The zero-order valence-electron chi connectivity index (χ0n) is 11.3. The highest BCUT2D eigenvalue weighted by Crippen LogP contribution is 2.47. The van der Waals surface area contributed by atoms with Crippen LogP contribution in [0.3, 0.4) is 0 Å². The molecule has 3 N–H and O–H groups in total. The monoisotopic (exact) mass is 298 g/mol. The predicted molar refractivity (Wildman–Crippen MR) is 71.3 cm³/mol. The molecule has 1 aliphatic rings. The van der Waals surface area contributed by atoms with Gasteiger partial charge >= 0.3 is 12.3 Å². The molecule has 2 rings (SSSR count). The highest BCUT2D eigenvalue weighted by molar-refractivity contribution is 5.90. The number of carbonyl (C=O) groups excluding carboxylic acids is 1. The first-order valence-corrected chi connectivity index (χ1v) is 6.15. The summed E-state index contributed by atoms with van der Waals surface area (Å²) in [5.74, 6) is 4.19. The molecule has 0 saturated carbocycles. The van der Waals surface area contributed by atoms with Gasteiger partial charge in [-0.3, -0.25) is 5.32 Å². The number of anilines is 2. The molecule has 0 radical (unpaired) electrons. The zero-order valence-corrected chi connectivity index (χ0v) is 11.3. The minimum atomic E-state index is -4.89.